The summed E-state index contributed by atoms with van der Waals surface area (Å²) in [6.45, 7) is 8.43. The van der Waals surface area contributed by atoms with Crippen LogP contribution in [-0.2, 0) is 9.84 Å². The van der Waals surface area contributed by atoms with Crippen molar-refractivity contribution in [3.8, 4) is 0 Å². The van der Waals surface area contributed by atoms with E-state index in [4.69, 9.17) is 0 Å². The van der Waals surface area contributed by atoms with Gasteiger partial charge in [0.15, 0.2) is 9.84 Å². The third-order valence-corrected chi connectivity index (χ3v) is 7.45. The second kappa shape index (κ2) is 5.43. The fourth-order valence-electron chi connectivity index (χ4n) is 3.67. The molecule has 2 atom stereocenters. The van der Waals surface area contributed by atoms with Gasteiger partial charge in [-0.25, -0.2) is 8.42 Å². The third-order valence-electron chi connectivity index (χ3n) is 4.96. The first-order chi connectivity index (χ1) is 9.01. The van der Waals surface area contributed by atoms with Gasteiger partial charge in [-0.3, -0.25) is 0 Å². The molecule has 0 saturated heterocycles. The maximum absolute atomic E-state index is 12.8. The van der Waals surface area contributed by atoms with E-state index >= 15 is 0 Å². The number of hydrogen-bond acceptors (Lipinski definition) is 2. The van der Waals surface area contributed by atoms with Gasteiger partial charge in [0.1, 0.15) is 0 Å². The van der Waals surface area contributed by atoms with Crippen LogP contribution in [0.4, 0.5) is 0 Å². The maximum atomic E-state index is 12.8. The van der Waals surface area contributed by atoms with E-state index in [1.807, 2.05) is 0 Å². The van der Waals surface area contributed by atoms with Crippen LogP contribution in [0.5, 0.6) is 0 Å². The smallest absolute Gasteiger partial charge is 0.164 e. The molecule has 0 radical (unpaired) electrons. The third kappa shape index (κ3) is 2.20. The lowest BCUT2D eigenvalue weighted by molar-refractivity contribution is 0.547. The van der Waals surface area contributed by atoms with Crippen molar-refractivity contribution in [1.82, 2.24) is 0 Å². The lowest BCUT2D eigenvalue weighted by atomic mass is 9.84. The molecule has 2 nitrogen and oxygen atoms in total. The zero-order valence-corrected chi connectivity index (χ0v) is 13.4. The summed E-state index contributed by atoms with van der Waals surface area (Å²) in [7, 11) is -2.99. The first-order valence-electron chi connectivity index (χ1n) is 7.65. The molecule has 2 rings (SSSR count). The summed E-state index contributed by atoms with van der Waals surface area (Å²) >= 11 is 0. The summed E-state index contributed by atoms with van der Waals surface area (Å²) in [5.74, 6) is 0. The Labute approximate surface area is 117 Å². The van der Waals surface area contributed by atoms with Gasteiger partial charge >= 0.3 is 0 Å². The Balaban J connectivity index is 2.24. The lowest BCUT2D eigenvalue weighted by Crippen LogP contribution is -2.43. The summed E-state index contributed by atoms with van der Waals surface area (Å²) in [5.41, 5.74) is 5.19. The monoisotopic (exact) mass is 282 g/mol. The highest BCUT2D eigenvalue weighted by Crippen LogP contribution is 2.45. The van der Waals surface area contributed by atoms with Crippen molar-refractivity contribution in [3.63, 3.8) is 0 Å². The van der Waals surface area contributed by atoms with Crippen molar-refractivity contribution in [2.75, 3.05) is 0 Å². The summed E-state index contributed by atoms with van der Waals surface area (Å²) in [5, 5.41) is -0.338. The van der Waals surface area contributed by atoms with E-state index in [1.54, 1.807) is 0 Å². The Morgan fingerprint density at radius 3 is 1.42 bits per heavy atom. The molecule has 0 aliphatic heterocycles. The predicted octanol–water partition coefficient (Wildman–Crippen LogP) is 4.18. The van der Waals surface area contributed by atoms with Gasteiger partial charge < -0.3 is 0 Å². The molecular formula is C16H26O2S. The number of sulfone groups is 1. The van der Waals surface area contributed by atoms with Gasteiger partial charge in [0.25, 0.3) is 0 Å². The molecule has 0 aromatic carbocycles. The molecule has 0 bridgehead atoms. The summed E-state index contributed by atoms with van der Waals surface area (Å²) in [4.78, 5) is 0. The summed E-state index contributed by atoms with van der Waals surface area (Å²) in [6.07, 6.45) is 5.39. The maximum Gasteiger partial charge on any atom is 0.164 e. The molecule has 19 heavy (non-hydrogen) atoms. The quantitative estimate of drug-likeness (QED) is 0.685. The highest BCUT2D eigenvalue weighted by molar-refractivity contribution is 7.93. The van der Waals surface area contributed by atoms with Crippen LogP contribution in [0.25, 0.3) is 0 Å². The SMILES string of the molecule is CCC1=C(CC)C(S(=O)(=O)C2CC(CC)=C2CC)C1. The van der Waals surface area contributed by atoms with E-state index < -0.39 is 9.84 Å². The second-order valence-corrected chi connectivity index (χ2v) is 7.96. The molecular weight excluding hydrogens is 256 g/mol. The van der Waals surface area contributed by atoms with Crippen molar-refractivity contribution in [2.45, 2.75) is 76.7 Å². The summed E-state index contributed by atoms with van der Waals surface area (Å²) < 4.78 is 25.6. The molecule has 0 spiro atoms. The number of rotatable bonds is 6. The molecule has 2 aliphatic rings. The van der Waals surface area contributed by atoms with Crippen LogP contribution >= 0.6 is 0 Å². The van der Waals surface area contributed by atoms with Crippen LogP contribution in [0.3, 0.4) is 0 Å². The van der Waals surface area contributed by atoms with E-state index in [-0.39, 0.29) is 10.5 Å². The highest BCUT2D eigenvalue weighted by Gasteiger charge is 2.46. The molecule has 0 aromatic rings. The van der Waals surface area contributed by atoms with Gasteiger partial charge in [-0.2, -0.15) is 0 Å². The fourth-order valence-corrected chi connectivity index (χ4v) is 6.40. The highest BCUT2D eigenvalue weighted by atomic mass is 32.2. The van der Waals surface area contributed by atoms with E-state index in [0.29, 0.717) is 0 Å². The Morgan fingerprint density at radius 2 is 1.16 bits per heavy atom. The fraction of sp³-hybridized carbons (Fsp3) is 0.750. The minimum absolute atomic E-state index is 0.169. The Hall–Kier alpha value is -0.570. The van der Waals surface area contributed by atoms with Crippen LogP contribution in [0.15, 0.2) is 22.3 Å². The Kier molecular flexibility index (Phi) is 4.24. The van der Waals surface area contributed by atoms with E-state index in [0.717, 1.165) is 38.5 Å². The van der Waals surface area contributed by atoms with Gasteiger partial charge in [0.2, 0.25) is 0 Å². The molecule has 108 valence electrons. The van der Waals surface area contributed by atoms with Crippen LogP contribution in [0.1, 0.15) is 66.2 Å². The first-order valence-corrected chi connectivity index (χ1v) is 9.26. The molecule has 0 N–H and O–H groups in total. The zero-order valence-electron chi connectivity index (χ0n) is 12.6. The minimum atomic E-state index is -2.99. The van der Waals surface area contributed by atoms with Gasteiger partial charge in [-0.15, -0.1) is 0 Å². The van der Waals surface area contributed by atoms with Crippen molar-refractivity contribution in [2.24, 2.45) is 0 Å². The van der Waals surface area contributed by atoms with Crippen molar-refractivity contribution in [1.29, 1.82) is 0 Å². The molecule has 0 saturated carbocycles. The Morgan fingerprint density at radius 1 is 0.789 bits per heavy atom. The molecule has 0 heterocycles. The topological polar surface area (TPSA) is 34.1 Å². The zero-order chi connectivity index (χ0) is 14.2. The van der Waals surface area contributed by atoms with Crippen molar-refractivity contribution in [3.05, 3.63) is 22.3 Å². The van der Waals surface area contributed by atoms with Gasteiger partial charge in [-0.1, -0.05) is 50.0 Å². The average molecular weight is 282 g/mol. The lowest BCUT2D eigenvalue weighted by Gasteiger charge is -2.40. The number of hydrogen-bond donors (Lipinski definition) is 0. The predicted molar refractivity (Wildman–Crippen MR) is 80.9 cm³/mol. The second-order valence-electron chi connectivity index (χ2n) is 5.65. The number of allylic oxidation sites excluding steroid dienone is 2. The molecule has 0 fully saturated rings. The van der Waals surface area contributed by atoms with E-state index in [9.17, 15) is 8.42 Å². The van der Waals surface area contributed by atoms with Crippen LogP contribution < -0.4 is 0 Å². The Bertz CT molecular complexity index is 481. The van der Waals surface area contributed by atoms with Gasteiger partial charge in [0.05, 0.1) is 10.5 Å². The van der Waals surface area contributed by atoms with Crippen LogP contribution in [0.2, 0.25) is 0 Å². The minimum Gasteiger partial charge on any atom is -0.228 e. The van der Waals surface area contributed by atoms with Crippen molar-refractivity contribution >= 4 is 9.84 Å². The molecule has 0 aromatic heterocycles. The molecule has 2 aliphatic carbocycles. The average Bonchev–Trinajstić information content (AvgIpc) is 2.28. The normalized spacial score (nSPS) is 27.4. The van der Waals surface area contributed by atoms with Crippen LogP contribution in [-0.4, -0.2) is 18.9 Å². The van der Waals surface area contributed by atoms with Crippen molar-refractivity contribution < 1.29 is 8.42 Å². The summed E-state index contributed by atoms with van der Waals surface area (Å²) in [6, 6.07) is 0. The van der Waals surface area contributed by atoms with E-state index in [1.165, 1.54) is 22.3 Å². The van der Waals surface area contributed by atoms with E-state index in [2.05, 4.69) is 27.7 Å². The molecule has 0 amide bonds. The largest absolute Gasteiger partial charge is 0.228 e. The van der Waals surface area contributed by atoms with Crippen LogP contribution in [0, 0.1) is 0 Å². The van der Waals surface area contributed by atoms with Gasteiger partial charge in [0, 0.05) is 0 Å². The van der Waals surface area contributed by atoms with Gasteiger partial charge in [-0.05, 0) is 38.5 Å². The standard InChI is InChI=1S/C16H26O2S/c1-5-11-9-15(13(11)7-3)19(17,18)16-10-12(6-2)14(16)8-4/h15-16H,5-10H2,1-4H3. The molecule has 2 unspecified atom stereocenters. The first kappa shape index (κ1) is 14.8. The molecule has 3 heteroatoms.